The van der Waals surface area contributed by atoms with E-state index in [4.69, 9.17) is 4.74 Å². The lowest BCUT2D eigenvalue weighted by molar-refractivity contribution is -0.113. The summed E-state index contributed by atoms with van der Waals surface area (Å²) in [5.74, 6) is 1.95. The largest absolute Gasteiger partial charge is 0.497 e. The summed E-state index contributed by atoms with van der Waals surface area (Å²) < 4.78 is 7.15. The van der Waals surface area contributed by atoms with Gasteiger partial charge in [-0.15, -0.1) is 11.8 Å². The van der Waals surface area contributed by atoms with Gasteiger partial charge in [0.25, 0.3) is 0 Å². The lowest BCUT2D eigenvalue weighted by Gasteiger charge is -2.14. The van der Waals surface area contributed by atoms with Gasteiger partial charge < -0.3 is 10.1 Å². The monoisotopic (exact) mass is 331 g/mol. The minimum atomic E-state index is -0.0161. The van der Waals surface area contributed by atoms with Crippen LogP contribution in [0.2, 0.25) is 0 Å². The van der Waals surface area contributed by atoms with E-state index in [1.54, 1.807) is 13.3 Å². The fourth-order valence-electron chi connectivity index (χ4n) is 2.87. The van der Waals surface area contributed by atoms with E-state index in [-0.39, 0.29) is 5.91 Å². The number of nitrogens with zero attached hydrogens (tertiary/aromatic N) is 2. The van der Waals surface area contributed by atoms with Crippen molar-refractivity contribution in [3.8, 4) is 5.75 Å². The summed E-state index contributed by atoms with van der Waals surface area (Å²) in [7, 11) is 1.64. The highest BCUT2D eigenvalue weighted by Gasteiger charge is 2.20. The number of aromatic nitrogens is 2. The molecule has 0 spiro atoms. The Kier molecular flexibility index (Phi) is 5.23. The molecular weight excluding hydrogens is 310 g/mol. The summed E-state index contributed by atoms with van der Waals surface area (Å²) in [6.45, 7) is 0. The maximum Gasteiger partial charge on any atom is 0.235 e. The van der Waals surface area contributed by atoms with Gasteiger partial charge in [0, 0.05) is 11.0 Å². The van der Waals surface area contributed by atoms with Gasteiger partial charge in [0.2, 0.25) is 5.91 Å². The van der Waals surface area contributed by atoms with Crippen LogP contribution in [-0.2, 0) is 4.79 Å². The van der Waals surface area contributed by atoms with Gasteiger partial charge in [-0.3, -0.25) is 4.79 Å². The first-order chi connectivity index (χ1) is 11.3. The molecule has 23 heavy (non-hydrogen) atoms. The number of carbonyl (C=O) groups is 1. The molecule has 0 radical (unpaired) electrons. The molecule has 1 aromatic heterocycles. The van der Waals surface area contributed by atoms with Crippen molar-refractivity contribution in [1.29, 1.82) is 0 Å². The molecule has 0 atom stereocenters. The van der Waals surface area contributed by atoms with E-state index in [0.29, 0.717) is 11.8 Å². The van der Waals surface area contributed by atoms with E-state index in [1.165, 1.54) is 24.6 Å². The van der Waals surface area contributed by atoms with Crippen molar-refractivity contribution in [1.82, 2.24) is 9.78 Å². The SMILES string of the molecule is COc1cccc(SCC(=O)Nc2ccnn2C2CCCC2)c1. The zero-order valence-electron chi connectivity index (χ0n) is 13.2. The topological polar surface area (TPSA) is 56.1 Å². The van der Waals surface area contributed by atoms with Gasteiger partial charge in [-0.1, -0.05) is 18.9 Å². The van der Waals surface area contributed by atoms with Gasteiger partial charge in [0.1, 0.15) is 11.6 Å². The van der Waals surface area contributed by atoms with Crippen LogP contribution < -0.4 is 10.1 Å². The second-order valence-electron chi connectivity index (χ2n) is 5.62. The van der Waals surface area contributed by atoms with Gasteiger partial charge in [-0.05, 0) is 31.0 Å². The van der Waals surface area contributed by atoms with Crippen molar-refractivity contribution < 1.29 is 9.53 Å². The third-order valence-corrected chi connectivity index (χ3v) is 5.01. The Hall–Kier alpha value is -1.95. The normalized spacial score (nSPS) is 14.8. The van der Waals surface area contributed by atoms with E-state index < -0.39 is 0 Å². The number of hydrogen-bond acceptors (Lipinski definition) is 4. The van der Waals surface area contributed by atoms with Crippen LogP contribution >= 0.6 is 11.8 Å². The van der Waals surface area contributed by atoms with Crippen molar-refractivity contribution in [2.45, 2.75) is 36.6 Å². The molecule has 3 rings (SSSR count). The van der Waals surface area contributed by atoms with Crippen LogP contribution in [0.1, 0.15) is 31.7 Å². The third-order valence-electron chi connectivity index (χ3n) is 4.02. The van der Waals surface area contributed by atoms with Crippen LogP contribution in [0.3, 0.4) is 0 Å². The summed E-state index contributed by atoms with van der Waals surface area (Å²) in [6, 6.07) is 10.0. The number of benzene rings is 1. The lowest BCUT2D eigenvalue weighted by Crippen LogP contribution is -2.19. The van der Waals surface area contributed by atoms with Gasteiger partial charge in [-0.25, -0.2) is 4.68 Å². The van der Waals surface area contributed by atoms with E-state index >= 15 is 0 Å². The minimum absolute atomic E-state index is 0.0161. The summed E-state index contributed by atoms with van der Waals surface area (Å²) in [4.78, 5) is 13.2. The van der Waals surface area contributed by atoms with Gasteiger partial charge in [0.15, 0.2) is 0 Å². The summed E-state index contributed by atoms with van der Waals surface area (Å²) in [5, 5.41) is 7.35. The Morgan fingerprint density at radius 2 is 2.22 bits per heavy atom. The second-order valence-corrected chi connectivity index (χ2v) is 6.66. The summed E-state index contributed by atoms with van der Waals surface area (Å²) in [5.41, 5.74) is 0. The first-order valence-electron chi connectivity index (χ1n) is 7.86. The molecule has 5 nitrogen and oxygen atoms in total. The number of hydrogen-bond donors (Lipinski definition) is 1. The van der Waals surface area contributed by atoms with Crippen molar-refractivity contribution in [2.24, 2.45) is 0 Å². The van der Waals surface area contributed by atoms with Crippen LogP contribution in [0, 0.1) is 0 Å². The van der Waals surface area contributed by atoms with Gasteiger partial charge in [0.05, 0.1) is 25.1 Å². The van der Waals surface area contributed by atoms with E-state index in [0.717, 1.165) is 29.3 Å². The number of thioether (sulfide) groups is 1. The molecule has 0 bridgehead atoms. The molecule has 0 unspecified atom stereocenters. The lowest BCUT2D eigenvalue weighted by atomic mass is 10.2. The number of nitrogens with one attached hydrogen (secondary N) is 1. The average molecular weight is 331 g/mol. The molecular formula is C17H21N3O2S. The second kappa shape index (κ2) is 7.55. The van der Waals surface area contributed by atoms with Gasteiger partial charge >= 0.3 is 0 Å². The number of carbonyl (C=O) groups excluding carboxylic acids is 1. The van der Waals surface area contributed by atoms with Crippen molar-refractivity contribution in [3.05, 3.63) is 36.5 Å². The Balaban J connectivity index is 1.56. The number of anilines is 1. The molecule has 1 aromatic carbocycles. The van der Waals surface area contributed by atoms with E-state index in [2.05, 4.69) is 10.4 Å². The number of rotatable bonds is 6. The molecule has 1 aliphatic carbocycles. The Bertz CT molecular complexity index is 665. The smallest absolute Gasteiger partial charge is 0.235 e. The van der Waals surface area contributed by atoms with Crippen LogP contribution in [-0.4, -0.2) is 28.6 Å². The van der Waals surface area contributed by atoms with Crippen molar-refractivity contribution in [2.75, 3.05) is 18.2 Å². The molecule has 0 aliphatic heterocycles. The van der Waals surface area contributed by atoms with Crippen LogP contribution in [0.4, 0.5) is 5.82 Å². The predicted molar refractivity (Wildman–Crippen MR) is 92.1 cm³/mol. The Labute approximate surface area is 140 Å². The molecule has 1 aliphatic rings. The first kappa shape index (κ1) is 15.9. The van der Waals surface area contributed by atoms with E-state index in [9.17, 15) is 4.79 Å². The maximum absolute atomic E-state index is 12.2. The fourth-order valence-corrected chi connectivity index (χ4v) is 3.62. The molecule has 6 heteroatoms. The number of ether oxygens (including phenoxy) is 1. The molecule has 1 heterocycles. The molecule has 122 valence electrons. The predicted octanol–water partition coefficient (Wildman–Crippen LogP) is 3.74. The highest BCUT2D eigenvalue weighted by atomic mass is 32.2. The molecule has 0 saturated heterocycles. The Morgan fingerprint density at radius 3 is 3.00 bits per heavy atom. The number of amides is 1. The highest BCUT2D eigenvalue weighted by Crippen LogP contribution is 2.31. The standard InChI is InChI=1S/C17H21N3O2S/c1-22-14-7-4-8-15(11-14)23-12-17(21)19-16-9-10-18-20(16)13-5-2-3-6-13/h4,7-11,13H,2-3,5-6,12H2,1H3,(H,19,21). The van der Waals surface area contributed by atoms with Crippen LogP contribution in [0.25, 0.3) is 0 Å². The zero-order valence-corrected chi connectivity index (χ0v) is 14.0. The van der Waals surface area contributed by atoms with Gasteiger partial charge in [-0.2, -0.15) is 5.10 Å². The van der Waals surface area contributed by atoms with Crippen molar-refractivity contribution in [3.63, 3.8) is 0 Å². The minimum Gasteiger partial charge on any atom is -0.497 e. The fraction of sp³-hybridized carbons (Fsp3) is 0.412. The maximum atomic E-state index is 12.2. The molecule has 1 N–H and O–H groups in total. The average Bonchev–Trinajstić information content (AvgIpc) is 3.24. The molecule has 1 saturated carbocycles. The van der Waals surface area contributed by atoms with Crippen molar-refractivity contribution >= 4 is 23.5 Å². The van der Waals surface area contributed by atoms with E-state index in [1.807, 2.05) is 35.0 Å². The zero-order chi connectivity index (χ0) is 16.1. The summed E-state index contributed by atoms with van der Waals surface area (Å²) in [6.07, 6.45) is 6.52. The summed E-state index contributed by atoms with van der Waals surface area (Å²) >= 11 is 1.50. The highest BCUT2D eigenvalue weighted by molar-refractivity contribution is 8.00. The quantitative estimate of drug-likeness (QED) is 0.819. The number of methoxy groups -OCH3 is 1. The molecule has 2 aromatic rings. The van der Waals surface area contributed by atoms with Crippen LogP contribution in [0.15, 0.2) is 41.4 Å². The first-order valence-corrected chi connectivity index (χ1v) is 8.85. The van der Waals surface area contributed by atoms with Crippen LogP contribution in [0.5, 0.6) is 5.75 Å². The molecule has 1 amide bonds. The third kappa shape index (κ3) is 4.07. The molecule has 1 fully saturated rings. The Morgan fingerprint density at radius 1 is 1.39 bits per heavy atom.